The molecule has 1 aliphatic rings. The van der Waals surface area contributed by atoms with Gasteiger partial charge in [-0.05, 0) is 30.2 Å². The van der Waals surface area contributed by atoms with Gasteiger partial charge in [0.2, 0.25) is 0 Å². The lowest BCUT2D eigenvalue weighted by Crippen LogP contribution is -2.23. The number of nitriles is 1. The maximum atomic E-state index is 12.0. The Balaban J connectivity index is 1.66. The molecule has 1 aliphatic carbocycles. The van der Waals surface area contributed by atoms with Crippen LogP contribution < -0.4 is 11.2 Å². The Morgan fingerprint density at radius 1 is 1.26 bits per heavy atom. The third-order valence-corrected chi connectivity index (χ3v) is 4.28. The van der Waals surface area contributed by atoms with E-state index in [1.165, 1.54) is 6.20 Å². The summed E-state index contributed by atoms with van der Waals surface area (Å²) in [7, 11) is 0. The van der Waals surface area contributed by atoms with E-state index in [0.29, 0.717) is 11.3 Å². The van der Waals surface area contributed by atoms with Gasteiger partial charge in [-0.25, -0.2) is 4.79 Å². The highest BCUT2D eigenvalue weighted by Crippen LogP contribution is 2.48. The highest BCUT2D eigenvalue weighted by atomic mass is 16.2. The number of hydrogen-bond donors (Lipinski definition) is 2. The third kappa shape index (κ3) is 3.37. The van der Waals surface area contributed by atoms with E-state index in [4.69, 9.17) is 0 Å². The molecule has 0 spiro atoms. The van der Waals surface area contributed by atoms with Gasteiger partial charge in [0.05, 0.1) is 5.56 Å². The van der Waals surface area contributed by atoms with Gasteiger partial charge >= 0.3 is 5.69 Å². The molecule has 2 N–H and O–H groups in total. The number of rotatable bonds is 2. The van der Waals surface area contributed by atoms with Crippen molar-refractivity contribution in [2.45, 2.75) is 12.3 Å². The summed E-state index contributed by atoms with van der Waals surface area (Å²) in [6, 6.07) is 7.41. The van der Waals surface area contributed by atoms with Crippen LogP contribution in [-0.4, -0.2) is 25.1 Å². The summed E-state index contributed by atoms with van der Waals surface area (Å²) in [5.74, 6) is 6.42. The molecule has 0 aliphatic heterocycles. The van der Waals surface area contributed by atoms with Crippen LogP contribution in [0.3, 0.4) is 0 Å². The molecule has 0 saturated heterocycles. The molecule has 0 amide bonds. The van der Waals surface area contributed by atoms with Gasteiger partial charge in [-0.3, -0.25) is 14.8 Å². The fraction of sp³-hybridized carbons (Fsp3) is 0.158. The second-order valence-electron chi connectivity index (χ2n) is 6.09. The zero-order chi connectivity index (χ0) is 18.8. The molecule has 0 radical (unpaired) electrons. The molecule has 1 saturated carbocycles. The monoisotopic (exact) mass is 356 g/mol. The molecule has 4 rings (SSSR count). The molecule has 0 unspecified atom stereocenters. The van der Waals surface area contributed by atoms with Crippen molar-refractivity contribution in [3.8, 4) is 29.2 Å². The highest BCUT2D eigenvalue weighted by molar-refractivity contribution is 5.59. The molecule has 3 aromatic heterocycles. The Morgan fingerprint density at radius 2 is 2.15 bits per heavy atom. The van der Waals surface area contributed by atoms with Crippen LogP contribution in [-0.2, 0) is 0 Å². The molecular weight excluding hydrogens is 344 g/mol. The number of nitrogens with one attached hydrogen (secondary N) is 2. The van der Waals surface area contributed by atoms with E-state index in [9.17, 15) is 14.9 Å². The van der Waals surface area contributed by atoms with Crippen molar-refractivity contribution in [1.82, 2.24) is 25.1 Å². The minimum absolute atomic E-state index is 0.0555. The third-order valence-electron chi connectivity index (χ3n) is 4.28. The Bertz CT molecular complexity index is 1230. The number of aromatic amines is 2. The Hall–Kier alpha value is -4.04. The molecule has 130 valence electrons. The molecule has 0 bridgehead atoms. The van der Waals surface area contributed by atoms with E-state index in [-0.39, 0.29) is 23.1 Å². The Kier molecular flexibility index (Phi) is 4.07. The molecule has 27 heavy (non-hydrogen) atoms. The lowest BCUT2D eigenvalue weighted by atomic mass is 10.1. The topological polar surface area (TPSA) is 128 Å². The first-order chi connectivity index (χ1) is 13.2. The number of H-pyrrole nitrogens is 2. The Labute approximate surface area is 153 Å². The molecule has 3 aromatic rings. The summed E-state index contributed by atoms with van der Waals surface area (Å²) >= 11 is 0. The van der Waals surface area contributed by atoms with Crippen LogP contribution in [0, 0.1) is 29.1 Å². The van der Waals surface area contributed by atoms with Crippen LogP contribution >= 0.6 is 0 Å². The summed E-state index contributed by atoms with van der Waals surface area (Å²) in [4.78, 5) is 31.7. The zero-order valence-electron chi connectivity index (χ0n) is 13.9. The quantitative estimate of drug-likeness (QED) is 0.658. The van der Waals surface area contributed by atoms with Crippen molar-refractivity contribution in [1.29, 1.82) is 5.26 Å². The summed E-state index contributed by atoms with van der Waals surface area (Å²) in [6.45, 7) is 0. The van der Waals surface area contributed by atoms with Gasteiger partial charge in [0.15, 0.2) is 5.69 Å². The smallest absolute Gasteiger partial charge is 0.313 e. The van der Waals surface area contributed by atoms with Gasteiger partial charge in [0.25, 0.3) is 5.56 Å². The van der Waals surface area contributed by atoms with Gasteiger partial charge in [-0.2, -0.15) is 5.26 Å². The molecule has 1 fully saturated rings. The van der Waals surface area contributed by atoms with E-state index >= 15 is 0 Å². The summed E-state index contributed by atoms with van der Waals surface area (Å²) in [5, 5.41) is 17.2. The average Bonchev–Trinajstić information content (AvgIpc) is 3.46. The largest absolute Gasteiger partial charge is 0.325 e. The minimum Gasteiger partial charge on any atom is -0.313 e. The normalized spacial score (nSPS) is 17.4. The lowest BCUT2D eigenvalue weighted by Gasteiger charge is -2.04. The fourth-order valence-electron chi connectivity index (χ4n) is 2.82. The molecular formula is C19H12N6O2. The first kappa shape index (κ1) is 16.4. The van der Waals surface area contributed by atoms with Crippen molar-refractivity contribution in [2.75, 3.05) is 0 Å². The first-order valence-corrected chi connectivity index (χ1v) is 8.17. The molecule has 8 nitrogen and oxygen atoms in total. The maximum absolute atomic E-state index is 12.0. The van der Waals surface area contributed by atoms with Gasteiger partial charge < -0.3 is 4.98 Å². The SMILES string of the molecule is N#Cc1nnc(-c2c[nH]c(=O)[nH]c2=O)cc1[C@H]1C[C@@H]1C#Cc1cccnc1. The van der Waals surface area contributed by atoms with Crippen molar-refractivity contribution in [3.05, 3.63) is 74.4 Å². The van der Waals surface area contributed by atoms with Crippen LogP contribution in [0.15, 0.2) is 46.4 Å². The van der Waals surface area contributed by atoms with E-state index < -0.39 is 11.2 Å². The average molecular weight is 356 g/mol. The predicted molar refractivity (Wildman–Crippen MR) is 95.4 cm³/mol. The van der Waals surface area contributed by atoms with Crippen LogP contribution in [0.2, 0.25) is 0 Å². The van der Waals surface area contributed by atoms with Gasteiger partial charge in [0, 0.05) is 36.0 Å². The van der Waals surface area contributed by atoms with E-state index in [0.717, 1.165) is 12.0 Å². The lowest BCUT2D eigenvalue weighted by molar-refractivity contribution is 0.936. The number of nitrogens with zero attached hydrogens (tertiary/aromatic N) is 4. The predicted octanol–water partition coefficient (Wildman–Crippen LogP) is 0.942. The van der Waals surface area contributed by atoms with Crippen LogP contribution in [0.5, 0.6) is 0 Å². The highest BCUT2D eigenvalue weighted by Gasteiger charge is 2.39. The van der Waals surface area contributed by atoms with Crippen LogP contribution in [0.25, 0.3) is 11.3 Å². The second kappa shape index (κ2) is 6.70. The van der Waals surface area contributed by atoms with Crippen molar-refractivity contribution in [2.24, 2.45) is 5.92 Å². The summed E-state index contributed by atoms with van der Waals surface area (Å²) in [6.07, 6.45) is 5.47. The molecule has 2 atom stereocenters. The van der Waals surface area contributed by atoms with Crippen molar-refractivity contribution >= 4 is 0 Å². The standard InChI is InChI=1S/C19H12N6O2/c20-8-17-14(13-6-12(13)4-3-11-2-1-5-21-9-11)7-16(24-25-17)15-10-22-19(27)23-18(15)26/h1-2,5,7,9-10,12-13H,6H2,(H2,22,23,26,27)/t12-,13-/m0/s1. The van der Waals surface area contributed by atoms with E-state index in [2.05, 4.69) is 37.0 Å². The van der Waals surface area contributed by atoms with Crippen molar-refractivity contribution < 1.29 is 0 Å². The van der Waals surface area contributed by atoms with E-state index in [1.807, 2.05) is 18.2 Å². The number of aromatic nitrogens is 5. The van der Waals surface area contributed by atoms with Crippen LogP contribution in [0.1, 0.15) is 29.2 Å². The van der Waals surface area contributed by atoms with Gasteiger partial charge in [-0.15, -0.1) is 10.2 Å². The molecule has 8 heteroatoms. The van der Waals surface area contributed by atoms with Gasteiger partial charge in [0.1, 0.15) is 11.8 Å². The van der Waals surface area contributed by atoms with Crippen molar-refractivity contribution in [3.63, 3.8) is 0 Å². The fourth-order valence-corrected chi connectivity index (χ4v) is 2.82. The minimum atomic E-state index is -0.599. The Morgan fingerprint density at radius 3 is 2.89 bits per heavy atom. The molecule has 3 heterocycles. The summed E-state index contributed by atoms with van der Waals surface area (Å²) in [5.41, 5.74) is 1.08. The maximum Gasteiger partial charge on any atom is 0.325 e. The number of hydrogen-bond acceptors (Lipinski definition) is 6. The first-order valence-electron chi connectivity index (χ1n) is 8.17. The zero-order valence-corrected chi connectivity index (χ0v) is 13.9. The summed E-state index contributed by atoms with van der Waals surface area (Å²) < 4.78 is 0. The number of pyridine rings is 1. The second-order valence-corrected chi connectivity index (χ2v) is 6.09. The van der Waals surface area contributed by atoms with Gasteiger partial charge in [-0.1, -0.05) is 11.8 Å². The van der Waals surface area contributed by atoms with E-state index in [1.54, 1.807) is 18.5 Å². The van der Waals surface area contributed by atoms with Crippen LogP contribution in [0.4, 0.5) is 0 Å². The molecule has 0 aromatic carbocycles.